The maximum Gasteiger partial charge on any atom is 0.410 e. The van der Waals surface area contributed by atoms with Crippen LogP contribution in [0.15, 0.2) is 54.6 Å². The van der Waals surface area contributed by atoms with Gasteiger partial charge in [-0.1, -0.05) is 30.3 Å². The van der Waals surface area contributed by atoms with Crippen LogP contribution in [0.4, 0.5) is 10.5 Å². The van der Waals surface area contributed by atoms with Gasteiger partial charge in [0.05, 0.1) is 12.2 Å². The molecule has 2 saturated heterocycles. The Morgan fingerprint density at radius 3 is 2.20 bits per heavy atom. The lowest BCUT2D eigenvalue weighted by atomic mass is 9.85. The van der Waals surface area contributed by atoms with E-state index in [0.717, 1.165) is 11.3 Å². The van der Waals surface area contributed by atoms with Crippen LogP contribution in [0.25, 0.3) is 0 Å². The molecular formula is C27H33N3O5. The SMILES string of the molecule is CN1CN(c2ccc(C(=O)OCc3ccccc3)cc2)C2(CCN(C(=O)OC(C)(C)C)CC2)C1=O. The zero-order valence-electron chi connectivity index (χ0n) is 20.8. The minimum Gasteiger partial charge on any atom is -0.457 e. The fourth-order valence-corrected chi connectivity index (χ4v) is 4.66. The molecule has 0 aromatic heterocycles. The van der Waals surface area contributed by atoms with Crippen molar-refractivity contribution in [1.29, 1.82) is 0 Å². The Kier molecular flexibility index (Phi) is 6.74. The number of hydrogen-bond donors (Lipinski definition) is 0. The molecule has 0 N–H and O–H groups in total. The Morgan fingerprint density at radius 1 is 0.971 bits per heavy atom. The molecule has 186 valence electrons. The third-order valence-electron chi connectivity index (χ3n) is 6.48. The summed E-state index contributed by atoms with van der Waals surface area (Å²) in [4.78, 5) is 43.7. The summed E-state index contributed by atoms with van der Waals surface area (Å²) in [5.74, 6) is -0.344. The highest BCUT2D eigenvalue weighted by Crippen LogP contribution is 2.39. The van der Waals surface area contributed by atoms with Gasteiger partial charge in [0.1, 0.15) is 17.7 Å². The van der Waals surface area contributed by atoms with Crippen molar-refractivity contribution in [3.8, 4) is 0 Å². The molecule has 1 spiro atoms. The number of nitrogens with zero attached hydrogens (tertiary/aromatic N) is 3. The zero-order valence-corrected chi connectivity index (χ0v) is 20.8. The topological polar surface area (TPSA) is 79.4 Å². The second-order valence-electron chi connectivity index (χ2n) is 10.2. The standard InChI is InChI=1S/C27H33N3O5/c1-26(2,3)35-25(33)29-16-14-27(15-17-29)24(32)28(4)19-30(27)22-12-10-21(11-13-22)23(31)34-18-20-8-6-5-7-9-20/h5-13H,14-19H2,1-4H3. The number of esters is 1. The van der Waals surface area contributed by atoms with Crippen molar-refractivity contribution in [1.82, 2.24) is 9.80 Å². The summed E-state index contributed by atoms with van der Waals surface area (Å²) in [5, 5.41) is 0. The fourth-order valence-electron chi connectivity index (χ4n) is 4.66. The van der Waals surface area contributed by atoms with Crippen molar-refractivity contribution in [2.45, 2.75) is 51.4 Å². The van der Waals surface area contributed by atoms with Crippen LogP contribution in [-0.4, -0.2) is 65.7 Å². The van der Waals surface area contributed by atoms with Gasteiger partial charge in [0.2, 0.25) is 5.91 Å². The molecular weight excluding hydrogens is 446 g/mol. The second-order valence-corrected chi connectivity index (χ2v) is 10.2. The molecule has 2 aromatic carbocycles. The van der Waals surface area contributed by atoms with Crippen LogP contribution in [0.5, 0.6) is 0 Å². The van der Waals surface area contributed by atoms with E-state index in [-0.39, 0.29) is 18.6 Å². The highest BCUT2D eigenvalue weighted by Gasteiger charge is 2.53. The van der Waals surface area contributed by atoms with Crippen LogP contribution < -0.4 is 4.90 Å². The van der Waals surface area contributed by atoms with Crippen molar-refractivity contribution < 1.29 is 23.9 Å². The van der Waals surface area contributed by atoms with Gasteiger partial charge >= 0.3 is 12.1 Å². The monoisotopic (exact) mass is 479 g/mol. The maximum atomic E-state index is 13.2. The molecule has 2 aliphatic heterocycles. The minimum absolute atomic E-state index is 0.0488. The number of piperidine rings is 1. The van der Waals surface area contributed by atoms with E-state index in [0.29, 0.717) is 38.2 Å². The van der Waals surface area contributed by atoms with Gasteiger partial charge in [0.25, 0.3) is 0 Å². The van der Waals surface area contributed by atoms with E-state index < -0.39 is 17.1 Å². The van der Waals surface area contributed by atoms with Gasteiger partial charge in [-0.2, -0.15) is 0 Å². The van der Waals surface area contributed by atoms with Crippen LogP contribution in [0.1, 0.15) is 49.5 Å². The summed E-state index contributed by atoms with van der Waals surface area (Å²) in [5.41, 5.74) is 0.954. The Bertz CT molecular complexity index is 1070. The Labute approximate surface area is 206 Å². The van der Waals surface area contributed by atoms with E-state index in [1.54, 1.807) is 29.0 Å². The van der Waals surface area contributed by atoms with Crippen molar-refractivity contribution in [3.05, 3.63) is 65.7 Å². The summed E-state index contributed by atoms with van der Waals surface area (Å²) in [6.45, 7) is 7.06. The predicted octanol–water partition coefficient (Wildman–Crippen LogP) is 4.05. The van der Waals surface area contributed by atoms with E-state index >= 15 is 0 Å². The lowest BCUT2D eigenvalue weighted by molar-refractivity contribution is -0.132. The van der Waals surface area contributed by atoms with Gasteiger partial charge in [-0.3, -0.25) is 4.79 Å². The van der Waals surface area contributed by atoms with E-state index in [9.17, 15) is 14.4 Å². The number of rotatable bonds is 4. The lowest BCUT2D eigenvalue weighted by Crippen LogP contribution is -2.57. The van der Waals surface area contributed by atoms with Crippen LogP contribution >= 0.6 is 0 Å². The van der Waals surface area contributed by atoms with E-state index in [4.69, 9.17) is 9.47 Å². The van der Waals surface area contributed by atoms with Gasteiger partial charge in [-0.25, -0.2) is 9.59 Å². The molecule has 0 unspecified atom stereocenters. The average Bonchev–Trinajstić information content (AvgIpc) is 3.07. The number of benzene rings is 2. The van der Waals surface area contributed by atoms with Gasteiger partial charge < -0.3 is 24.2 Å². The smallest absolute Gasteiger partial charge is 0.410 e. The summed E-state index contributed by atoms with van der Waals surface area (Å²) in [6, 6.07) is 16.7. The molecule has 2 heterocycles. The van der Waals surface area contributed by atoms with Gasteiger partial charge in [0.15, 0.2) is 0 Å². The number of likely N-dealkylation sites (tertiary alicyclic amines) is 1. The third kappa shape index (κ3) is 5.26. The van der Waals surface area contributed by atoms with Gasteiger partial charge in [-0.15, -0.1) is 0 Å². The number of amides is 2. The molecule has 8 heteroatoms. The molecule has 2 aromatic rings. The lowest BCUT2D eigenvalue weighted by Gasteiger charge is -2.43. The van der Waals surface area contributed by atoms with Crippen molar-refractivity contribution in [2.75, 3.05) is 31.7 Å². The largest absolute Gasteiger partial charge is 0.457 e. The first-order valence-corrected chi connectivity index (χ1v) is 11.9. The average molecular weight is 480 g/mol. The number of likely N-dealkylation sites (N-methyl/N-ethyl adjacent to an activating group) is 1. The van der Waals surface area contributed by atoms with Crippen molar-refractivity contribution in [2.24, 2.45) is 0 Å². The molecule has 0 radical (unpaired) electrons. The molecule has 0 saturated carbocycles. The fraction of sp³-hybridized carbons (Fsp3) is 0.444. The molecule has 2 fully saturated rings. The Morgan fingerprint density at radius 2 is 1.60 bits per heavy atom. The number of carbonyl (C=O) groups excluding carboxylic acids is 3. The Hall–Kier alpha value is -3.55. The van der Waals surface area contributed by atoms with E-state index in [2.05, 4.69) is 4.90 Å². The molecule has 2 amide bonds. The van der Waals surface area contributed by atoms with Crippen molar-refractivity contribution >= 4 is 23.7 Å². The number of carbonyl (C=O) groups is 3. The molecule has 0 atom stereocenters. The maximum absolute atomic E-state index is 13.2. The van der Waals surface area contributed by atoms with Gasteiger partial charge in [-0.05, 0) is 63.4 Å². The number of anilines is 1. The molecule has 35 heavy (non-hydrogen) atoms. The van der Waals surface area contributed by atoms with E-state index in [1.165, 1.54) is 0 Å². The van der Waals surface area contributed by atoms with Crippen molar-refractivity contribution in [3.63, 3.8) is 0 Å². The normalized spacial score (nSPS) is 17.6. The van der Waals surface area contributed by atoms with Crippen LogP contribution in [0.2, 0.25) is 0 Å². The Balaban J connectivity index is 1.44. The van der Waals surface area contributed by atoms with E-state index in [1.807, 2.05) is 63.2 Å². The molecule has 4 rings (SSSR count). The number of ether oxygens (including phenoxy) is 2. The van der Waals surface area contributed by atoms with Crippen LogP contribution in [0.3, 0.4) is 0 Å². The first kappa shape index (κ1) is 24.6. The predicted molar refractivity (Wildman–Crippen MR) is 132 cm³/mol. The highest BCUT2D eigenvalue weighted by molar-refractivity contribution is 5.94. The molecule has 2 aliphatic rings. The number of hydrogen-bond acceptors (Lipinski definition) is 6. The summed E-state index contributed by atoms with van der Waals surface area (Å²) in [6.07, 6.45) is 0.670. The molecule has 0 bridgehead atoms. The quantitative estimate of drug-likeness (QED) is 0.616. The summed E-state index contributed by atoms with van der Waals surface area (Å²) < 4.78 is 10.9. The minimum atomic E-state index is -0.720. The first-order valence-electron chi connectivity index (χ1n) is 11.9. The van der Waals surface area contributed by atoms with Gasteiger partial charge in [0, 0.05) is 25.8 Å². The molecule has 8 nitrogen and oxygen atoms in total. The second kappa shape index (κ2) is 9.60. The summed E-state index contributed by atoms with van der Waals surface area (Å²) >= 11 is 0. The first-order chi connectivity index (χ1) is 16.6. The summed E-state index contributed by atoms with van der Waals surface area (Å²) in [7, 11) is 1.79. The third-order valence-corrected chi connectivity index (χ3v) is 6.48. The zero-order chi connectivity index (χ0) is 25.2. The molecule has 0 aliphatic carbocycles. The highest BCUT2D eigenvalue weighted by atomic mass is 16.6. The van der Waals surface area contributed by atoms with Crippen LogP contribution in [0, 0.1) is 0 Å². The van der Waals surface area contributed by atoms with Crippen LogP contribution in [-0.2, 0) is 20.9 Å².